The van der Waals surface area contributed by atoms with Gasteiger partial charge in [0, 0.05) is 35.7 Å². The number of nitrogens with one attached hydrogen (secondary N) is 2. The Kier molecular flexibility index (Phi) is 9.68. The number of aliphatic hydroxyl groups is 1. The fraction of sp³-hybridized carbons (Fsp3) is 0.440. The van der Waals surface area contributed by atoms with Crippen molar-refractivity contribution in [1.29, 1.82) is 0 Å². The van der Waals surface area contributed by atoms with Gasteiger partial charge in [-0.1, -0.05) is 31.4 Å². The molecule has 176 valence electrons. The Hall–Kier alpha value is -2.94. The predicted molar refractivity (Wildman–Crippen MR) is 123 cm³/mol. The molecular weight excluding hydrogens is 422 g/mol. The van der Waals surface area contributed by atoms with Crippen LogP contribution in [-0.2, 0) is 9.53 Å². The number of hydrogen-bond donors (Lipinski definition) is 3. The van der Waals surface area contributed by atoms with E-state index in [0.29, 0.717) is 36.8 Å². The zero-order chi connectivity index (χ0) is 23.5. The van der Waals surface area contributed by atoms with Crippen LogP contribution in [0.4, 0.5) is 0 Å². The fourth-order valence-corrected chi connectivity index (χ4v) is 3.78. The van der Waals surface area contributed by atoms with Gasteiger partial charge < -0.3 is 15.2 Å². The number of aliphatic hydroxyl groups excluding tert-OH is 1. The smallest absolute Gasteiger partial charge is 0.257 e. The first kappa shape index (κ1) is 24.7. The highest BCUT2D eigenvalue weighted by Crippen LogP contribution is 2.20. The van der Waals surface area contributed by atoms with E-state index in [4.69, 9.17) is 4.74 Å². The number of carbonyl (C=O) groups is 3. The predicted octanol–water partition coefficient (Wildman–Crippen LogP) is 2.26. The van der Waals surface area contributed by atoms with Crippen molar-refractivity contribution in [3.05, 3.63) is 65.5 Å². The summed E-state index contributed by atoms with van der Waals surface area (Å²) < 4.78 is 5.85. The van der Waals surface area contributed by atoms with Crippen LogP contribution in [0.5, 0.6) is 0 Å². The lowest BCUT2D eigenvalue weighted by molar-refractivity contribution is -0.123. The van der Waals surface area contributed by atoms with E-state index < -0.39 is 24.5 Å². The normalized spacial score (nSPS) is 15.1. The fourth-order valence-electron chi connectivity index (χ4n) is 3.78. The Morgan fingerprint density at radius 2 is 1.76 bits per heavy atom. The van der Waals surface area contributed by atoms with Crippen molar-refractivity contribution in [3.63, 3.8) is 0 Å². The molecule has 0 spiro atoms. The van der Waals surface area contributed by atoms with Gasteiger partial charge in [0.05, 0.1) is 12.7 Å². The number of imide groups is 1. The van der Waals surface area contributed by atoms with E-state index in [1.807, 2.05) is 0 Å². The molecule has 0 radical (unpaired) electrons. The van der Waals surface area contributed by atoms with Gasteiger partial charge in [-0.3, -0.25) is 24.7 Å². The summed E-state index contributed by atoms with van der Waals surface area (Å²) in [5, 5.41) is 14.8. The van der Waals surface area contributed by atoms with Crippen molar-refractivity contribution in [2.75, 3.05) is 19.8 Å². The van der Waals surface area contributed by atoms with Crippen molar-refractivity contribution >= 4 is 17.6 Å². The Balaban J connectivity index is 1.43. The Morgan fingerprint density at radius 1 is 1.03 bits per heavy atom. The minimum absolute atomic E-state index is 0.205. The maximum Gasteiger partial charge on any atom is 0.257 e. The number of amides is 2. The van der Waals surface area contributed by atoms with Crippen LogP contribution in [0.3, 0.4) is 0 Å². The number of carbonyl (C=O) groups excluding carboxylic acids is 3. The first-order chi connectivity index (χ1) is 16.1. The summed E-state index contributed by atoms with van der Waals surface area (Å²) in [6, 6.07) is 8.47. The third-order valence-corrected chi connectivity index (χ3v) is 5.69. The molecule has 1 atom stereocenters. The van der Waals surface area contributed by atoms with E-state index in [2.05, 4.69) is 15.6 Å². The number of pyridine rings is 1. The van der Waals surface area contributed by atoms with Gasteiger partial charge in [0.1, 0.15) is 6.04 Å². The van der Waals surface area contributed by atoms with Crippen LogP contribution < -0.4 is 10.6 Å². The molecule has 3 N–H and O–H groups in total. The van der Waals surface area contributed by atoms with Crippen LogP contribution in [0.2, 0.25) is 0 Å². The van der Waals surface area contributed by atoms with Gasteiger partial charge in [-0.25, -0.2) is 0 Å². The lowest BCUT2D eigenvalue weighted by Crippen LogP contribution is -2.48. The third-order valence-electron chi connectivity index (χ3n) is 5.69. The number of nitrogens with zero attached hydrogens (tertiary/aromatic N) is 1. The summed E-state index contributed by atoms with van der Waals surface area (Å²) in [4.78, 5) is 41.2. The molecule has 0 bridgehead atoms. The molecule has 0 unspecified atom stereocenters. The second-order valence-corrected chi connectivity index (χ2v) is 8.14. The maximum absolute atomic E-state index is 12.4. The third kappa shape index (κ3) is 7.56. The van der Waals surface area contributed by atoms with Crippen molar-refractivity contribution in [2.24, 2.45) is 0 Å². The molecular formula is C25H31N3O5. The summed E-state index contributed by atoms with van der Waals surface area (Å²) >= 11 is 0. The summed E-state index contributed by atoms with van der Waals surface area (Å²) in [6.07, 6.45) is 10.0. The molecule has 33 heavy (non-hydrogen) atoms. The van der Waals surface area contributed by atoms with Gasteiger partial charge in [0.2, 0.25) is 5.91 Å². The standard InChI is InChI=1S/C25H31N3O5/c29-17-22(27-14-5-15-33-21-7-2-1-3-8-21)25(32)28-24(31)19-11-9-18(10-12-19)23(30)20-6-4-13-26-16-20/h4,6,9-13,16,21-22,27,29H,1-3,5,7-8,14-15,17H2,(H,28,31,32)/t22-/m0/s1. The van der Waals surface area contributed by atoms with Gasteiger partial charge in [0.25, 0.3) is 5.91 Å². The van der Waals surface area contributed by atoms with E-state index in [1.165, 1.54) is 49.7 Å². The number of ether oxygens (including phenoxy) is 1. The second kappa shape index (κ2) is 12.9. The molecule has 0 saturated heterocycles. The van der Waals surface area contributed by atoms with Crippen LogP contribution in [0.15, 0.2) is 48.8 Å². The quantitative estimate of drug-likeness (QED) is 0.353. The molecule has 1 fully saturated rings. The van der Waals surface area contributed by atoms with E-state index in [-0.39, 0.29) is 11.3 Å². The minimum Gasteiger partial charge on any atom is -0.394 e. The second-order valence-electron chi connectivity index (χ2n) is 8.14. The number of rotatable bonds is 11. The molecule has 1 saturated carbocycles. The number of hydrogen-bond acceptors (Lipinski definition) is 7. The molecule has 1 aromatic carbocycles. The van der Waals surface area contributed by atoms with Crippen LogP contribution in [0.25, 0.3) is 0 Å². The highest BCUT2D eigenvalue weighted by atomic mass is 16.5. The molecule has 1 aromatic heterocycles. The monoisotopic (exact) mass is 453 g/mol. The molecule has 8 nitrogen and oxygen atoms in total. The molecule has 2 aromatic rings. The molecule has 1 heterocycles. The van der Waals surface area contributed by atoms with Crippen LogP contribution >= 0.6 is 0 Å². The number of aromatic nitrogens is 1. The van der Waals surface area contributed by atoms with E-state index >= 15 is 0 Å². The largest absolute Gasteiger partial charge is 0.394 e. The van der Waals surface area contributed by atoms with Crippen LogP contribution in [-0.4, -0.2) is 59.6 Å². The zero-order valence-electron chi connectivity index (χ0n) is 18.7. The Morgan fingerprint density at radius 3 is 2.42 bits per heavy atom. The zero-order valence-corrected chi connectivity index (χ0v) is 18.7. The Labute approximate surface area is 193 Å². The van der Waals surface area contributed by atoms with Crippen molar-refractivity contribution in [1.82, 2.24) is 15.6 Å². The lowest BCUT2D eigenvalue weighted by atomic mass is 9.98. The number of ketones is 1. The van der Waals surface area contributed by atoms with E-state index in [1.54, 1.807) is 18.3 Å². The first-order valence-electron chi connectivity index (χ1n) is 11.4. The molecule has 1 aliphatic carbocycles. The lowest BCUT2D eigenvalue weighted by Gasteiger charge is -2.22. The molecule has 1 aliphatic rings. The Bertz CT molecular complexity index is 911. The summed E-state index contributed by atoms with van der Waals surface area (Å²) in [7, 11) is 0. The highest BCUT2D eigenvalue weighted by molar-refractivity contribution is 6.10. The summed E-state index contributed by atoms with van der Waals surface area (Å²) in [5.74, 6) is -1.41. The average molecular weight is 454 g/mol. The SMILES string of the molecule is O=C(NC(=O)[C@H](CO)NCCCOC1CCCCC1)c1ccc(C(=O)c2cccnc2)cc1. The van der Waals surface area contributed by atoms with Crippen LogP contribution in [0.1, 0.15) is 64.8 Å². The van der Waals surface area contributed by atoms with Crippen LogP contribution in [0, 0.1) is 0 Å². The summed E-state index contributed by atoms with van der Waals surface area (Å²) in [5.41, 5.74) is 1.10. The van der Waals surface area contributed by atoms with Crippen molar-refractivity contribution in [2.45, 2.75) is 50.7 Å². The maximum atomic E-state index is 12.4. The first-order valence-corrected chi connectivity index (χ1v) is 11.4. The van der Waals surface area contributed by atoms with Gasteiger partial charge in [0.15, 0.2) is 5.78 Å². The minimum atomic E-state index is -0.893. The molecule has 3 rings (SSSR count). The average Bonchev–Trinajstić information content (AvgIpc) is 2.87. The summed E-state index contributed by atoms with van der Waals surface area (Å²) in [6.45, 7) is 0.659. The van der Waals surface area contributed by atoms with Crippen molar-refractivity contribution < 1.29 is 24.2 Å². The van der Waals surface area contributed by atoms with Gasteiger partial charge in [-0.05, 0) is 50.1 Å². The van der Waals surface area contributed by atoms with E-state index in [9.17, 15) is 19.5 Å². The van der Waals surface area contributed by atoms with Gasteiger partial charge in [-0.2, -0.15) is 0 Å². The van der Waals surface area contributed by atoms with Gasteiger partial charge >= 0.3 is 0 Å². The van der Waals surface area contributed by atoms with E-state index in [0.717, 1.165) is 12.8 Å². The number of benzene rings is 1. The van der Waals surface area contributed by atoms with Gasteiger partial charge in [-0.15, -0.1) is 0 Å². The topological polar surface area (TPSA) is 118 Å². The highest BCUT2D eigenvalue weighted by Gasteiger charge is 2.20. The molecule has 0 aliphatic heterocycles. The molecule has 8 heteroatoms. The van der Waals surface area contributed by atoms with Crippen molar-refractivity contribution in [3.8, 4) is 0 Å². The molecule has 2 amide bonds.